The van der Waals surface area contributed by atoms with Gasteiger partial charge in [-0.15, -0.1) is 0 Å². The van der Waals surface area contributed by atoms with Crippen LogP contribution in [0.4, 0.5) is 0 Å². The first-order valence-electron chi connectivity index (χ1n) is 25.5. The fourth-order valence-corrected chi connectivity index (χ4v) is 7.23. The molecule has 0 aromatic carbocycles. The standard InChI is InChI=1S/C55H98O4/c1-3-5-7-9-11-13-15-17-19-21-23-25-27-29-31-33-35-37-39-41-43-45-47-49-51-58-53-54(52-56)59-55(57)50-48-46-44-42-40-38-36-34-32-30-28-26-24-22-20-18-16-14-12-10-8-6-4-2/h6,8,12,14,18,20-21,23-24,26,30,32,54,56H,3-5,7,9-11,13,15-17,19,22,25,27-29,31,33-53H2,1-2H3/b8-6-,14-12-,20-18-,23-21-,26-24-,32-30-. The Morgan fingerprint density at radius 3 is 1.17 bits per heavy atom. The van der Waals surface area contributed by atoms with Crippen molar-refractivity contribution in [2.24, 2.45) is 0 Å². The Morgan fingerprint density at radius 1 is 0.424 bits per heavy atom. The number of aliphatic hydroxyl groups excluding tert-OH is 1. The lowest BCUT2D eigenvalue weighted by molar-refractivity contribution is -0.154. The molecule has 0 aliphatic rings. The quantitative estimate of drug-likeness (QED) is 0.0377. The van der Waals surface area contributed by atoms with Crippen LogP contribution in [-0.4, -0.2) is 37.0 Å². The van der Waals surface area contributed by atoms with Crippen LogP contribution in [0, 0.1) is 0 Å². The molecule has 0 heterocycles. The summed E-state index contributed by atoms with van der Waals surface area (Å²) in [6, 6.07) is 0. The van der Waals surface area contributed by atoms with Crippen molar-refractivity contribution in [1.29, 1.82) is 0 Å². The molecule has 1 atom stereocenters. The van der Waals surface area contributed by atoms with Gasteiger partial charge in [-0.25, -0.2) is 0 Å². The maximum absolute atomic E-state index is 12.3. The molecule has 0 saturated heterocycles. The third-order valence-electron chi connectivity index (χ3n) is 11.0. The lowest BCUT2D eigenvalue weighted by atomic mass is 10.0. The van der Waals surface area contributed by atoms with Crippen molar-refractivity contribution in [3.63, 3.8) is 0 Å². The van der Waals surface area contributed by atoms with Crippen molar-refractivity contribution in [1.82, 2.24) is 0 Å². The molecule has 0 radical (unpaired) electrons. The highest BCUT2D eigenvalue weighted by atomic mass is 16.6. The Morgan fingerprint density at radius 2 is 0.763 bits per heavy atom. The van der Waals surface area contributed by atoms with E-state index in [2.05, 4.69) is 86.8 Å². The minimum Gasteiger partial charge on any atom is -0.457 e. The van der Waals surface area contributed by atoms with Crippen LogP contribution in [0.3, 0.4) is 0 Å². The van der Waals surface area contributed by atoms with E-state index < -0.39 is 6.10 Å². The van der Waals surface area contributed by atoms with Crippen LogP contribution in [0.1, 0.15) is 245 Å². The number of unbranched alkanes of at least 4 members (excludes halogenated alkanes) is 27. The second-order valence-corrected chi connectivity index (χ2v) is 16.9. The number of carbonyl (C=O) groups excluding carboxylic acids is 1. The van der Waals surface area contributed by atoms with Crippen molar-refractivity contribution in [3.05, 3.63) is 72.9 Å². The molecule has 0 spiro atoms. The molecule has 0 aromatic rings. The zero-order valence-corrected chi connectivity index (χ0v) is 39.3. The Labute approximate surface area is 367 Å². The summed E-state index contributed by atoms with van der Waals surface area (Å²) in [7, 11) is 0. The van der Waals surface area contributed by atoms with E-state index in [1.165, 1.54) is 167 Å². The van der Waals surface area contributed by atoms with Gasteiger partial charge in [0.2, 0.25) is 0 Å². The van der Waals surface area contributed by atoms with E-state index in [1.54, 1.807) is 0 Å². The lowest BCUT2D eigenvalue weighted by Crippen LogP contribution is -2.27. The van der Waals surface area contributed by atoms with E-state index in [9.17, 15) is 9.90 Å². The summed E-state index contributed by atoms with van der Waals surface area (Å²) in [5.74, 6) is -0.211. The average molecular weight is 823 g/mol. The molecule has 1 N–H and O–H groups in total. The third kappa shape index (κ3) is 50.1. The second kappa shape index (κ2) is 52.0. The molecule has 0 bridgehead atoms. The maximum atomic E-state index is 12.3. The predicted molar refractivity (Wildman–Crippen MR) is 260 cm³/mol. The SMILES string of the molecule is CC/C=C\C/C=C\C/C=C\C/C=C\C/C=C\CCCCCCCCCC(=O)OC(CO)COCCCCCCCCCCCCCC/C=C\CCCCCCCCCC. The smallest absolute Gasteiger partial charge is 0.306 e. The molecule has 1 unspecified atom stereocenters. The normalized spacial score (nSPS) is 12.9. The topological polar surface area (TPSA) is 55.8 Å². The molecule has 0 aromatic heterocycles. The number of hydrogen-bond acceptors (Lipinski definition) is 4. The van der Waals surface area contributed by atoms with Gasteiger partial charge < -0.3 is 14.6 Å². The molecular weight excluding hydrogens is 725 g/mol. The minimum atomic E-state index is -0.545. The third-order valence-corrected chi connectivity index (χ3v) is 11.0. The first-order chi connectivity index (χ1) is 29.2. The molecular formula is C55H98O4. The van der Waals surface area contributed by atoms with Gasteiger partial charge in [-0.2, -0.15) is 0 Å². The van der Waals surface area contributed by atoms with Gasteiger partial charge in [0.1, 0.15) is 6.10 Å². The zero-order valence-electron chi connectivity index (χ0n) is 39.3. The molecule has 0 saturated carbocycles. The number of hydrogen-bond donors (Lipinski definition) is 1. The van der Waals surface area contributed by atoms with Crippen molar-refractivity contribution in [2.45, 2.75) is 251 Å². The van der Waals surface area contributed by atoms with Crippen molar-refractivity contribution >= 4 is 5.97 Å². The summed E-state index contributed by atoms with van der Waals surface area (Å²) in [4.78, 5) is 12.3. The molecule has 0 rings (SSSR count). The van der Waals surface area contributed by atoms with Gasteiger partial charge in [0.25, 0.3) is 0 Å². The van der Waals surface area contributed by atoms with Gasteiger partial charge in [-0.1, -0.05) is 228 Å². The van der Waals surface area contributed by atoms with Crippen molar-refractivity contribution in [2.75, 3.05) is 19.8 Å². The predicted octanol–water partition coefficient (Wildman–Crippen LogP) is 17.3. The Kier molecular flexibility index (Phi) is 50.1. The van der Waals surface area contributed by atoms with E-state index in [-0.39, 0.29) is 19.2 Å². The summed E-state index contributed by atoms with van der Waals surface area (Å²) >= 11 is 0. The molecule has 0 aliphatic carbocycles. The first kappa shape index (κ1) is 56.8. The second-order valence-electron chi connectivity index (χ2n) is 16.9. The van der Waals surface area contributed by atoms with Crippen LogP contribution in [-0.2, 0) is 14.3 Å². The number of carbonyl (C=O) groups is 1. The molecule has 59 heavy (non-hydrogen) atoms. The van der Waals surface area contributed by atoms with Crippen LogP contribution in [0.25, 0.3) is 0 Å². The van der Waals surface area contributed by atoms with Gasteiger partial charge in [-0.3, -0.25) is 4.79 Å². The highest BCUT2D eigenvalue weighted by Gasteiger charge is 2.13. The van der Waals surface area contributed by atoms with Crippen LogP contribution in [0.15, 0.2) is 72.9 Å². The molecule has 342 valence electrons. The molecule has 0 fully saturated rings. The summed E-state index contributed by atoms with van der Waals surface area (Å²) < 4.78 is 11.2. The summed E-state index contributed by atoms with van der Waals surface area (Å²) in [5.41, 5.74) is 0. The fraction of sp³-hybridized carbons (Fsp3) is 0.764. The highest BCUT2D eigenvalue weighted by Crippen LogP contribution is 2.15. The van der Waals surface area contributed by atoms with E-state index in [1.807, 2.05) is 0 Å². The van der Waals surface area contributed by atoms with E-state index in [0.29, 0.717) is 13.0 Å². The number of allylic oxidation sites excluding steroid dienone is 12. The monoisotopic (exact) mass is 823 g/mol. The van der Waals surface area contributed by atoms with E-state index >= 15 is 0 Å². The molecule has 0 aliphatic heterocycles. The van der Waals surface area contributed by atoms with Crippen LogP contribution >= 0.6 is 0 Å². The van der Waals surface area contributed by atoms with Gasteiger partial charge in [0.15, 0.2) is 0 Å². The summed E-state index contributed by atoms with van der Waals surface area (Å²) in [6.45, 7) is 5.24. The number of ether oxygens (including phenoxy) is 2. The number of rotatable bonds is 47. The van der Waals surface area contributed by atoms with Crippen LogP contribution < -0.4 is 0 Å². The average Bonchev–Trinajstić information content (AvgIpc) is 3.24. The number of esters is 1. The zero-order chi connectivity index (χ0) is 42.6. The molecule has 4 nitrogen and oxygen atoms in total. The fourth-order valence-electron chi connectivity index (χ4n) is 7.23. The van der Waals surface area contributed by atoms with Crippen LogP contribution in [0.2, 0.25) is 0 Å². The Hall–Kier alpha value is -2.17. The lowest BCUT2D eigenvalue weighted by Gasteiger charge is -2.16. The number of aliphatic hydroxyl groups is 1. The highest BCUT2D eigenvalue weighted by molar-refractivity contribution is 5.69. The van der Waals surface area contributed by atoms with Crippen molar-refractivity contribution < 1.29 is 19.4 Å². The van der Waals surface area contributed by atoms with E-state index in [0.717, 1.165) is 57.8 Å². The summed E-state index contributed by atoms with van der Waals surface area (Å²) in [6.07, 6.45) is 71.3. The minimum absolute atomic E-state index is 0.178. The van der Waals surface area contributed by atoms with Crippen LogP contribution in [0.5, 0.6) is 0 Å². The van der Waals surface area contributed by atoms with Gasteiger partial charge in [0, 0.05) is 13.0 Å². The van der Waals surface area contributed by atoms with Gasteiger partial charge in [0.05, 0.1) is 13.2 Å². The Balaban J connectivity index is 3.44. The van der Waals surface area contributed by atoms with Crippen molar-refractivity contribution in [3.8, 4) is 0 Å². The first-order valence-corrected chi connectivity index (χ1v) is 25.5. The van der Waals surface area contributed by atoms with Gasteiger partial charge in [-0.05, 0) is 83.5 Å². The molecule has 0 amide bonds. The Bertz CT molecular complexity index is 1000. The van der Waals surface area contributed by atoms with Gasteiger partial charge >= 0.3 is 5.97 Å². The maximum Gasteiger partial charge on any atom is 0.306 e. The summed E-state index contributed by atoms with van der Waals surface area (Å²) in [5, 5.41) is 9.65. The molecule has 4 heteroatoms. The van der Waals surface area contributed by atoms with E-state index in [4.69, 9.17) is 9.47 Å². The largest absolute Gasteiger partial charge is 0.457 e.